The highest BCUT2D eigenvalue weighted by Gasteiger charge is 2.34. The van der Waals surface area contributed by atoms with Crippen molar-refractivity contribution in [1.82, 2.24) is 0 Å². The van der Waals surface area contributed by atoms with Crippen LogP contribution in [-0.2, 0) is 20.7 Å². The summed E-state index contributed by atoms with van der Waals surface area (Å²) in [4.78, 5) is 12.2. The molecule has 5 nitrogen and oxygen atoms in total. The van der Waals surface area contributed by atoms with Gasteiger partial charge in [-0.2, -0.15) is 0 Å². The summed E-state index contributed by atoms with van der Waals surface area (Å²) in [6.07, 6.45) is 3.59. The van der Waals surface area contributed by atoms with Crippen LogP contribution in [0.3, 0.4) is 0 Å². The van der Waals surface area contributed by atoms with Gasteiger partial charge in [-0.15, -0.1) is 10.9 Å². The second-order valence-electron chi connectivity index (χ2n) is 6.40. The van der Waals surface area contributed by atoms with E-state index >= 15 is 0 Å². The third-order valence-electron chi connectivity index (χ3n) is 3.41. The first-order valence-electron chi connectivity index (χ1n) is 7.70. The van der Waals surface area contributed by atoms with Crippen molar-refractivity contribution in [3.8, 4) is 5.75 Å². The van der Waals surface area contributed by atoms with Crippen molar-refractivity contribution in [3.63, 3.8) is 0 Å². The molecule has 7 heteroatoms. The van der Waals surface area contributed by atoms with Gasteiger partial charge in [0, 0.05) is 23.0 Å². The number of benzene rings is 1. The van der Waals surface area contributed by atoms with E-state index in [1.165, 1.54) is 6.92 Å². The fourth-order valence-corrected chi connectivity index (χ4v) is 5.24. The summed E-state index contributed by atoms with van der Waals surface area (Å²) in [5.41, 5.74) is 0.559. The fourth-order valence-electron chi connectivity index (χ4n) is 2.23. The van der Waals surface area contributed by atoms with Gasteiger partial charge in [0.2, 0.25) is 5.04 Å². The maximum Gasteiger partial charge on any atom is 0.308 e. The number of methoxy groups -OCH3 is 1. The van der Waals surface area contributed by atoms with E-state index in [4.69, 9.17) is 14.9 Å². The van der Waals surface area contributed by atoms with Crippen LogP contribution in [0, 0.1) is 5.41 Å². The molecular weight excluding hydrogens is 358 g/mol. The lowest BCUT2D eigenvalue weighted by molar-refractivity contribution is -0.135. The molecule has 2 atom stereocenters. The number of rotatable bonds is 4. The third kappa shape index (κ3) is 4.48. The van der Waals surface area contributed by atoms with E-state index in [0.29, 0.717) is 16.4 Å². The molecule has 0 aromatic heterocycles. The molecule has 0 bridgehead atoms. The number of esters is 1. The Morgan fingerprint density at radius 3 is 2.56 bits per heavy atom. The molecular formula is C18H23NO4S2. The van der Waals surface area contributed by atoms with E-state index in [-0.39, 0.29) is 11.0 Å². The minimum Gasteiger partial charge on any atom is -0.610 e. The highest BCUT2D eigenvalue weighted by Crippen LogP contribution is 2.51. The summed E-state index contributed by atoms with van der Waals surface area (Å²) in [6, 6.07) is 5.37. The fraction of sp³-hybridized carbons (Fsp3) is 0.333. The average Bonchev–Trinajstić information content (AvgIpc) is 2.99. The predicted octanol–water partition coefficient (Wildman–Crippen LogP) is 3.86. The minimum atomic E-state index is -1.49. The summed E-state index contributed by atoms with van der Waals surface area (Å²) >= 11 is -1.49. The molecule has 0 saturated carbocycles. The van der Waals surface area contributed by atoms with Crippen molar-refractivity contribution in [2.24, 2.45) is 0 Å². The highest BCUT2D eigenvalue weighted by atomic mass is 32.2. The van der Waals surface area contributed by atoms with Crippen LogP contribution in [0.2, 0.25) is 0 Å². The lowest BCUT2D eigenvalue weighted by Gasteiger charge is -2.26. The number of carbonyl (C=O) groups excluding carboxylic acids is 1. The molecule has 0 spiro atoms. The van der Waals surface area contributed by atoms with E-state index in [2.05, 4.69) is 0 Å². The summed E-state index contributed by atoms with van der Waals surface area (Å²) in [7, 11) is 0.489. The predicted molar refractivity (Wildman–Crippen MR) is 104 cm³/mol. The molecule has 1 N–H and O–H groups in total. The van der Waals surface area contributed by atoms with E-state index in [9.17, 15) is 9.35 Å². The molecule has 1 heterocycles. The van der Waals surface area contributed by atoms with Gasteiger partial charge in [-0.05, 0) is 50.5 Å². The van der Waals surface area contributed by atoms with Crippen LogP contribution in [0.25, 0.3) is 0 Å². The molecule has 0 radical (unpaired) electrons. The number of hydrogen-bond acceptors (Lipinski definition) is 5. The van der Waals surface area contributed by atoms with Crippen LogP contribution in [0.5, 0.6) is 5.75 Å². The van der Waals surface area contributed by atoms with Crippen LogP contribution in [0.15, 0.2) is 45.7 Å². The molecule has 0 fully saturated rings. The number of carbonyl (C=O) groups is 1. The first-order valence-corrected chi connectivity index (χ1v) is 10.3. The number of nitrogens with one attached hydrogen (secondary N) is 1. The quantitative estimate of drug-likeness (QED) is 0.273. The maximum atomic E-state index is 12.7. The molecule has 2 unspecified atom stereocenters. The molecule has 1 aliphatic rings. The molecule has 136 valence electrons. The van der Waals surface area contributed by atoms with E-state index in [1.807, 2.05) is 38.3 Å². The van der Waals surface area contributed by atoms with E-state index in [0.717, 1.165) is 4.90 Å². The highest BCUT2D eigenvalue weighted by molar-refractivity contribution is 8.23. The molecule has 1 aliphatic heterocycles. The molecule has 1 aromatic carbocycles. The third-order valence-corrected chi connectivity index (χ3v) is 7.21. The SMILES string of the molecule is COc1ccc([SH]2C=CC=C2OC(C)=O)c(C(=N)[S+]([O-])C(C)(C)C)c1. The van der Waals surface area contributed by atoms with E-state index < -0.39 is 26.8 Å². The molecule has 1 aromatic rings. The normalized spacial score (nSPS) is 19.3. The standard InChI is InChI=1S/C18H23NO4S2/c1-12(20)23-16-7-6-10-24(16)15-9-8-13(22-5)11-14(15)17(19)25(21)18(2,3)4/h6-11,19,24H,1-5H3. The van der Waals surface area contributed by atoms with E-state index in [1.54, 1.807) is 25.3 Å². The summed E-state index contributed by atoms with van der Waals surface area (Å²) in [6.45, 7) is 6.87. The van der Waals surface area contributed by atoms with Crippen molar-refractivity contribution >= 4 is 33.1 Å². The van der Waals surface area contributed by atoms with Crippen molar-refractivity contribution in [3.05, 3.63) is 46.4 Å². The van der Waals surface area contributed by atoms with Crippen molar-refractivity contribution < 1.29 is 18.8 Å². The summed E-state index contributed by atoms with van der Waals surface area (Å²) in [5.74, 6) is 0.205. The minimum absolute atomic E-state index is 0.0476. The van der Waals surface area contributed by atoms with Crippen LogP contribution in [-0.4, -0.2) is 27.4 Å². The van der Waals surface area contributed by atoms with Gasteiger partial charge in [0.15, 0.2) is 5.09 Å². The Morgan fingerprint density at radius 1 is 1.32 bits per heavy atom. The van der Waals surface area contributed by atoms with Gasteiger partial charge in [-0.3, -0.25) is 10.2 Å². The Labute approximate surface area is 154 Å². The number of thiol groups is 1. The molecule has 25 heavy (non-hydrogen) atoms. The number of allylic oxidation sites excluding steroid dienone is 2. The maximum absolute atomic E-state index is 12.7. The van der Waals surface area contributed by atoms with Gasteiger partial charge >= 0.3 is 5.97 Å². The monoisotopic (exact) mass is 381 g/mol. The Balaban J connectivity index is 2.49. The van der Waals surface area contributed by atoms with Crippen LogP contribution < -0.4 is 4.74 Å². The topological polar surface area (TPSA) is 82.4 Å². The molecule has 0 amide bonds. The second-order valence-corrected chi connectivity index (χ2v) is 10.5. The van der Waals surface area contributed by atoms with Crippen molar-refractivity contribution in [1.29, 1.82) is 5.41 Å². The Kier molecular flexibility index (Phi) is 6.03. The number of hydrogen-bond donors (Lipinski definition) is 2. The van der Waals surface area contributed by atoms with Gasteiger partial charge in [0.05, 0.1) is 12.7 Å². The summed E-state index contributed by atoms with van der Waals surface area (Å²) in [5, 5.41) is 11.0. The second kappa shape index (κ2) is 7.68. The molecule has 2 rings (SSSR count). The first kappa shape index (κ1) is 19.6. The lowest BCUT2D eigenvalue weighted by atomic mass is 10.2. The van der Waals surface area contributed by atoms with Crippen LogP contribution in [0.4, 0.5) is 0 Å². The van der Waals surface area contributed by atoms with Gasteiger partial charge < -0.3 is 14.0 Å². The van der Waals surface area contributed by atoms with Crippen molar-refractivity contribution in [2.75, 3.05) is 7.11 Å². The zero-order valence-electron chi connectivity index (χ0n) is 15.0. The zero-order chi connectivity index (χ0) is 18.8. The van der Waals surface area contributed by atoms with Gasteiger partial charge in [0.1, 0.15) is 10.5 Å². The number of ether oxygens (including phenoxy) is 2. The van der Waals surface area contributed by atoms with Crippen LogP contribution in [0.1, 0.15) is 33.3 Å². The Morgan fingerprint density at radius 2 is 2.00 bits per heavy atom. The Hall–Kier alpha value is -1.70. The molecule has 0 aliphatic carbocycles. The average molecular weight is 382 g/mol. The summed E-state index contributed by atoms with van der Waals surface area (Å²) < 4.78 is 22.8. The smallest absolute Gasteiger partial charge is 0.308 e. The van der Waals surface area contributed by atoms with Gasteiger partial charge in [-0.25, -0.2) is 0 Å². The largest absolute Gasteiger partial charge is 0.610 e. The van der Waals surface area contributed by atoms with Gasteiger partial charge in [-0.1, -0.05) is 6.08 Å². The Bertz CT molecular complexity index is 750. The first-order chi connectivity index (χ1) is 11.6. The lowest BCUT2D eigenvalue weighted by Crippen LogP contribution is -2.34. The van der Waals surface area contributed by atoms with Crippen LogP contribution >= 0.6 is 10.9 Å². The molecule has 0 saturated heterocycles. The van der Waals surface area contributed by atoms with Gasteiger partial charge in [0.25, 0.3) is 0 Å². The van der Waals surface area contributed by atoms with Crippen molar-refractivity contribution in [2.45, 2.75) is 37.3 Å². The zero-order valence-corrected chi connectivity index (χ0v) is 16.7.